The third kappa shape index (κ3) is 3.61. The summed E-state index contributed by atoms with van der Waals surface area (Å²) >= 11 is 0. The lowest BCUT2D eigenvalue weighted by Gasteiger charge is -2.15. The molecule has 0 saturated carbocycles. The van der Waals surface area contributed by atoms with Crippen LogP contribution in [0.15, 0.2) is 67.0 Å². The van der Waals surface area contributed by atoms with Gasteiger partial charge in [0.1, 0.15) is 30.0 Å². The Balaban J connectivity index is 1.66. The van der Waals surface area contributed by atoms with Gasteiger partial charge in [-0.3, -0.25) is 0 Å². The molecule has 164 valence electrons. The molecule has 0 unspecified atom stereocenters. The van der Waals surface area contributed by atoms with Crippen molar-refractivity contribution in [3.8, 4) is 11.3 Å². The van der Waals surface area contributed by atoms with Gasteiger partial charge in [-0.1, -0.05) is 48.5 Å². The molecular formula is C23H23N5O4. The van der Waals surface area contributed by atoms with Crippen molar-refractivity contribution < 1.29 is 20.1 Å². The van der Waals surface area contributed by atoms with Gasteiger partial charge in [-0.2, -0.15) is 5.10 Å². The molecule has 1 fully saturated rings. The Morgan fingerprint density at radius 3 is 2.38 bits per heavy atom. The lowest BCUT2D eigenvalue weighted by molar-refractivity contribution is -0.0469. The van der Waals surface area contributed by atoms with E-state index in [1.807, 2.05) is 60.7 Å². The first-order valence-electron chi connectivity index (χ1n) is 10.4. The molecule has 1 saturated heterocycles. The van der Waals surface area contributed by atoms with Gasteiger partial charge < -0.3 is 25.4 Å². The number of para-hydroxylation sites is 1. The van der Waals surface area contributed by atoms with Crippen molar-refractivity contribution >= 4 is 22.5 Å². The third-order valence-electron chi connectivity index (χ3n) is 5.56. The monoisotopic (exact) mass is 433 g/mol. The van der Waals surface area contributed by atoms with Crippen LogP contribution in [-0.2, 0) is 4.74 Å². The summed E-state index contributed by atoms with van der Waals surface area (Å²) < 4.78 is 7.37. The molecule has 5 rings (SSSR count). The molecule has 0 bridgehead atoms. The second-order valence-electron chi connectivity index (χ2n) is 7.63. The lowest BCUT2D eigenvalue weighted by Crippen LogP contribution is -2.32. The molecule has 32 heavy (non-hydrogen) atoms. The Kier molecular flexibility index (Phi) is 5.54. The average molecular weight is 433 g/mol. The van der Waals surface area contributed by atoms with Crippen LogP contribution in [0, 0.1) is 0 Å². The summed E-state index contributed by atoms with van der Waals surface area (Å²) in [4.78, 5) is 8.88. The number of anilines is 2. The Hall–Kier alpha value is -3.37. The summed E-state index contributed by atoms with van der Waals surface area (Å²) in [6.45, 7) is -0.163. The maximum Gasteiger partial charge on any atom is 0.181 e. The number of benzene rings is 2. The predicted molar refractivity (Wildman–Crippen MR) is 118 cm³/mol. The second-order valence-corrected chi connectivity index (χ2v) is 7.63. The summed E-state index contributed by atoms with van der Waals surface area (Å²) in [5.41, 5.74) is 2.78. The minimum absolute atomic E-state index is 0.163. The van der Waals surface area contributed by atoms with Gasteiger partial charge >= 0.3 is 0 Å². The molecule has 0 aliphatic carbocycles. The Labute approximate surface area is 184 Å². The maximum absolute atomic E-state index is 10.7. The van der Waals surface area contributed by atoms with Gasteiger partial charge in [0, 0.05) is 17.9 Å². The van der Waals surface area contributed by atoms with Crippen LogP contribution in [0.25, 0.3) is 22.3 Å². The van der Waals surface area contributed by atoms with Gasteiger partial charge in [0.15, 0.2) is 11.9 Å². The zero-order valence-corrected chi connectivity index (χ0v) is 17.1. The van der Waals surface area contributed by atoms with E-state index in [1.54, 1.807) is 0 Å². The Morgan fingerprint density at radius 1 is 0.938 bits per heavy atom. The molecule has 9 nitrogen and oxygen atoms in total. The SMILES string of the molecule is OCC[C@@H]1O[C@@H](n2nc(-c3ccccc3)c3c(Nc4ccccc4)ncnc32)[C@H](O)[C@@H]1O. The van der Waals surface area contributed by atoms with E-state index in [0.717, 1.165) is 11.3 Å². The molecule has 0 spiro atoms. The highest BCUT2D eigenvalue weighted by atomic mass is 16.6. The van der Waals surface area contributed by atoms with Gasteiger partial charge in [-0.15, -0.1) is 0 Å². The van der Waals surface area contributed by atoms with Gasteiger partial charge in [-0.05, 0) is 18.6 Å². The highest BCUT2D eigenvalue weighted by Crippen LogP contribution is 2.38. The van der Waals surface area contributed by atoms with Crippen LogP contribution in [0.1, 0.15) is 12.6 Å². The summed E-state index contributed by atoms with van der Waals surface area (Å²) in [5, 5.41) is 39.1. The van der Waals surface area contributed by atoms with Crippen molar-refractivity contribution in [2.75, 3.05) is 11.9 Å². The third-order valence-corrected chi connectivity index (χ3v) is 5.56. The first kappa shape index (κ1) is 20.5. The minimum Gasteiger partial charge on any atom is -0.396 e. The van der Waals surface area contributed by atoms with Crippen LogP contribution in [-0.4, -0.2) is 60.0 Å². The first-order valence-corrected chi connectivity index (χ1v) is 10.4. The molecule has 4 N–H and O–H groups in total. The fourth-order valence-electron chi connectivity index (χ4n) is 4.00. The number of aliphatic hydroxyl groups excluding tert-OH is 3. The molecule has 4 atom stereocenters. The summed E-state index contributed by atoms with van der Waals surface area (Å²) in [5.74, 6) is 0.561. The molecule has 3 heterocycles. The molecule has 4 aromatic rings. The molecule has 2 aromatic heterocycles. The van der Waals surface area contributed by atoms with Crippen molar-refractivity contribution in [3.63, 3.8) is 0 Å². The van der Waals surface area contributed by atoms with E-state index in [2.05, 4.69) is 15.3 Å². The number of aliphatic hydroxyl groups is 3. The van der Waals surface area contributed by atoms with Crippen molar-refractivity contribution in [2.45, 2.75) is 31.0 Å². The van der Waals surface area contributed by atoms with Crippen molar-refractivity contribution in [3.05, 3.63) is 67.0 Å². The number of ether oxygens (including phenoxy) is 1. The van der Waals surface area contributed by atoms with Crippen molar-refractivity contribution in [1.29, 1.82) is 0 Å². The van der Waals surface area contributed by atoms with E-state index in [9.17, 15) is 15.3 Å². The molecule has 1 aliphatic heterocycles. The normalized spacial score (nSPS) is 23.0. The highest BCUT2D eigenvalue weighted by Gasteiger charge is 2.44. The fourth-order valence-corrected chi connectivity index (χ4v) is 4.00. The summed E-state index contributed by atoms with van der Waals surface area (Å²) in [6, 6.07) is 19.2. The fraction of sp³-hybridized carbons (Fsp3) is 0.261. The second kappa shape index (κ2) is 8.64. The topological polar surface area (TPSA) is 126 Å². The van der Waals surface area contributed by atoms with E-state index < -0.39 is 24.5 Å². The zero-order chi connectivity index (χ0) is 22.1. The van der Waals surface area contributed by atoms with Gasteiger partial charge in [-0.25, -0.2) is 14.6 Å². The van der Waals surface area contributed by atoms with E-state index in [1.165, 1.54) is 11.0 Å². The Bertz CT molecular complexity index is 1200. The molecular weight excluding hydrogens is 410 g/mol. The van der Waals surface area contributed by atoms with E-state index in [0.29, 0.717) is 22.5 Å². The number of nitrogens with one attached hydrogen (secondary N) is 1. The molecule has 0 amide bonds. The Morgan fingerprint density at radius 2 is 1.66 bits per heavy atom. The van der Waals surface area contributed by atoms with Crippen LogP contribution in [0.2, 0.25) is 0 Å². The maximum atomic E-state index is 10.7. The molecule has 0 radical (unpaired) electrons. The number of hydrogen-bond donors (Lipinski definition) is 4. The number of rotatable bonds is 6. The lowest BCUT2D eigenvalue weighted by atomic mass is 10.1. The van der Waals surface area contributed by atoms with Gasteiger partial charge in [0.25, 0.3) is 0 Å². The van der Waals surface area contributed by atoms with Gasteiger partial charge in [0.2, 0.25) is 0 Å². The van der Waals surface area contributed by atoms with Crippen LogP contribution in [0.5, 0.6) is 0 Å². The number of hydrogen-bond acceptors (Lipinski definition) is 8. The minimum atomic E-state index is -1.22. The first-order chi connectivity index (χ1) is 15.7. The standard InChI is InChI=1S/C23H23N5O4/c29-12-11-16-19(30)20(31)23(32-16)28-22-17(18(27-28)14-7-3-1-4-8-14)21(24-13-25-22)26-15-9-5-2-6-10-15/h1-10,13,16,19-20,23,29-31H,11-12H2,(H,24,25,26)/t16-,19+,20+,23+/m0/s1. The molecule has 2 aromatic carbocycles. The van der Waals surface area contributed by atoms with Crippen molar-refractivity contribution in [2.24, 2.45) is 0 Å². The van der Waals surface area contributed by atoms with Crippen molar-refractivity contribution in [1.82, 2.24) is 19.7 Å². The molecule has 1 aliphatic rings. The summed E-state index contributed by atoms with van der Waals surface area (Å²) in [7, 11) is 0. The number of aromatic nitrogens is 4. The van der Waals surface area contributed by atoms with Crippen LogP contribution in [0.3, 0.4) is 0 Å². The van der Waals surface area contributed by atoms with Crippen LogP contribution < -0.4 is 5.32 Å². The largest absolute Gasteiger partial charge is 0.396 e. The number of fused-ring (bicyclic) bond motifs is 1. The quantitative estimate of drug-likeness (QED) is 0.365. The van der Waals surface area contributed by atoms with E-state index in [-0.39, 0.29) is 13.0 Å². The summed E-state index contributed by atoms with van der Waals surface area (Å²) in [6.07, 6.45) is -2.41. The predicted octanol–water partition coefficient (Wildman–Crippen LogP) is 2.24. The van der Waals surface area contributed by atoms with Crippen LogP contribution >= 0.6 is 0 Å². The average Bonchev–Trinajstić information content (AvgIpc) is 3.34. The zero-order valence-electron chi connectivity index (χ0n) is 17.1. The van der Waals surface area contributed by atoms with E-state index >= 15 is 0 Å². The van der Waals surface area contributed by atoms with E-state index in [4.69, 9.17) is 9.84 Å². The molecule has 9 heteroatoms. The number of nitrogens with zero attached hydrogens (tertiary/aromatic N) is 4. The highest BCUT2D eigenvalue weighted by molar-refractivity contribution is 6.00. The van der Waals surface area contributed by atoms with Gasteiger partial charge in [0.05, 0.1) is 11.5 Å². The smallest absolute Gasteiger partial charge is 0.181 e. The van der Waals surface area contributed by atoms with Crippen LogP contribution in [0.4, 0.5) is 11.5 Å².